The predicted molar refractivity (Wildman–Crippen MR) is 105 cm³/mol. The lowest BCUT2D eigenvalue weighted by molar-refractivity contribution is -0.116. The van der Waals surface area contributed by atoms with Gasteiger partial charge in [-0.2, -0.15) is 10.1 Å². The number of hydrogen-bond acceptors (Lipinski definition) is 6. The van der Waals surface area contributed by atoms with Crippen LogP contribution in [0.25, 0.3) is 5.78 Å². The molecule has 3 aromatic rings. The lowest BCUT2D eigenvalue weighted by atomic mass is 10.1. The number of aromatic nitrogens is 4. The van der Waals surface area contributed by atoms with Crippen molar-refractivity contribution < 1.29 is 9.53 Å². The number of nitrogens with one attached hydrogen (secondary N) is 1. The van der Waals surface area contributed by atoms with Crippen molar-refractivity contribution >= 4 is 29.8 Å². The zero-order chi connectivity index (χ0) is 18.5. The number of anilines is 1. The zero-order valence-electron chi connectivity index (χ0n) is 15.3. The third kappa shape index (κ3) is 4.93. The number of rotatable bonds is 7. The predicted octanol–water partition coefficient (Wildman–Crippen LogP) is 2.07. The fourth-order valence-corrected chi connectivity index (χ4v) is 2.79. The van der Waals surface area contributed by atoms with E-state index in [2.05, 4.69) is 20.4 Å². The molecular weight excluding hydrogens is 368 g/mol. The van der Waals surface area contributed by atoms with E-state index in [4.69, 9.17) is 10.5 Å². The molecule has 0 bridgehead atoms. The van der Waals surface area contributed by atoms with E-state index >= 15 is 0 Å². The molecule has 0 saturated heterocycles. The second-order valence-electron chi connectivity index (χ2n) is 5.94. The van der Waals surface area contributed by atoms with Crippen LogP contribution >= 0.6 is 12.4 Å². The van der Waals surface area contributed by atoms with E-state index in [0.29, 0.717) is 31.8 Å². The summed E-state index contributed by atoms with van der Waals surface area (Å²) in [5.41, 5.74) is 8.98. The van der Waals surface area contributed by atoms with Crippen molar-refractivity contribution in [2.75, 3.05) is 18.5 Å². The lowest BCUT2D eigenvalue weighted by Crippen LogP contribution is -2.14. The molecule has 27 heavy (non-hydrogen) atoms. The number of carbonyl (C=O) groups excluding carboxylic acids is 1. The van der Waals surface area contributed by atoms with Crippen molar-refractivity contribution in [3.63, 3.8) is 0 Å². The molecule has 2 aromatic heterocycles. The minimum absolute atomic E-state index is 0. The molecule has 0 unspecified atom stereocenters. The van der Waals surface area contributed by atoms with E-state index in [0.717, 1.165) is 28.4 Å². The molecule has 0 aliphatic carbocycles. The Morgan fingerprint density at radius 1 is 1.26 bits per heavy atom. The van der Waals surface area contributed by atoms with Gasteiger partial charge >= 0.3 is 0 Å². The van der Waals surface area contributed by atoms with Crippen LogP contribution in [0.2, 0.25) is 0 Å². The van der Waals surface area contributed by atoms with E-state index < -0.39 is 0 Å². The van der Waals surface area contributed by atoms with Crippen LogP contribution in [0.1, 0.15) is 23.4 Å². The van der Waals surface area contributed by atoms with Crippen LogP contribution in [0.4, 0.5) is 5.69 Å². The molecular formula is C18H23ClN6O2. The molecule has 0 radical (unpaired) electrons. The van der Waals surface area contributed by atoms with Gasteiger partial charge in [0.1, 0.15) is 18.7 Å². The third-order valence-corrected chi connectivity index (χ3v) is 4.12. The standard InChI is InChI=1S/C18H22N6O2.ClH/c1-12-16(13(2)24-18(22-12)20-11-21-24)7-8-17(25)23-14-3-5-15(6-4-14)26-10-9-19;/h3-6,11H,7-10,19H2,1-2H3,(H,23,25);1H. The Morgan fingerprint density at radius 3 is 2.70 bits per heavy atom. The first-order valence-corrected chi connectivity index (χ1v) is 8.47. The number of amides is 1. The molecule has 3 rings (SSSR count). The number of benzene rings is 1. The number of hydrogen-bond donors (Lipinski definition) is 2. The first kappa shape index (κ1) is 20.6. The average Bonchev–Trinajstić information content (AvgIpc) is 3.09. The first-order valence-electron chi connectivity index (χ1n) is 8.47. The van der Waals surface area contributed by atoms with Crippen molar-refractivity contribution in [3.8, 4) is 5.75 Å². The summed E-state index contributed by atoms with van der Waals surface area (Å²) in [6, 6.07) is 7.23. The number of carbonyl (C=O) groups is 1. The number of ether oxygens (including phenoxy) is 1. The normalized spacial score (nSPS) is 10.5. The quantitative estimate of drug-likeness (QED) is 0.639. The van der Waals surface area contributed by atoms with Gasteiger partial charge in [-0.05, 0) is 50.1 Å². The van der Waals surface area contributed by atoms with Crippen molar-refractivity contribution in [2.45, 2.75) is 26.7 Å². The summed E-state index contributed by atoms with van der Waals surface area (Å²) in [6.07, 6.45) is 2.42. The summed E-state index contributed by atoms with van der Waals surface area (Å²) in [5.74, 6) is 1.25. The summed E-state index contributed by atoms with van der Waals surface area (Å²) in [5, 5.41) is 7.06. The second kappa shape index (κ2) is 9.29. The van der Waals surface area contributed by atoms with Crippen molar-refractivity contribution in [3.05, 3.63) is 47.5 Å². The van der Waals surface area contributed by atoms with Gasteiger partial charge in [-0.25, -0.2) is 9.50 Å². The Bertz CT molecular complexity index is 910. The summed E-state index contributed by atoms with van der Waals surface area (Å²) in [7, 11) is 0. The monoisotopic (exact) mass is 390 g/mol. The van der Waals surface area contributed by atoms with Crippen molar-refractivity contribution in [1.29, 1.82) is 0 Å². The van der Waals surface area contributed by atoms with Crippen LogP contribution in [0, 0.1) is 13.8 Å². The molecule has 0 atom stereocenters. The van der Waals surface area contributed by atoms with Crippen LogP contribution < -0.4 is 15.8 Å². The summed E-state index contributed by atoms with van der Waals surface area (Å²) in [4.78, 5) is 20.8. The maximum Gasteiger partial charge on any atom is 0.252 e. The Kier molecular flexibility index (Phi) is 7.09. The molecule has 0 fully saturated rings. The zero-order valence-corrected chi connectivity index (χ0v) is 16.1. The van der Waals surface area contributed by atoms with Gasteiger partial charge in [0, 0.05) is 30.0 Å². The number of fused-ring (bicyclic) bond motifs is 1. The highest BCUT2D eigenvalue weighted by Gasteiger charge is 2.12. The minimum Gasteiger partial charge on any atom is -0.492 e. The summed E-state index contributed by atoms with van der Waals surface area (Å²) < 4.78 is 7.11. The van der Waals surface area contributed by atoms with Crippen LogP contribution in [0.15, 0.2) is 30.6 Å². The Labute approximate surface area is 163 Å². The molecule has 3 N–H and O–H groups in total. The Morgan fingerprint density at radius 2 is 2.00 bits per heavy atom. The highest BCUT2D eigenvalue weighted by molar-refractivity contribution is 5.90. The van der Waals surface area contributed by atoms with Gasteiger partial charge in [-0.15, -0.1) is 12.4 Å². The SMILES string of the molecule is Cc1nc2ncnn2c(C)c1CCC(=O)Nc1ccc(OCCN)cc1.Cl. The largest absolute Gasteiger partial charge is 0.492 e. The topological polar surface area (TPSA) is 107 Å². The van der Waals surface area contributed by atoms with Crippen LogP contribution in [-0.4, -0.2) is 38.6 Å². The van der Waals surface area contributed by atoms with E-state index in [9.17, 15) is 4.79 Å². The maximum absolute atomic E-state index is 12.3. The highest BCUT2D eigenvalue weighted by atomic mass is 35.5. The molecule has 0 spiro atoms. The second-order valence-corrected chi connectivity index (χ2v) is 5.94. The fraction of sp³-hybridized carbons (Fsp3) is 0.333. The molecule has 0 aliphatic heterocycles. The van der Waals surface area contributed by atoms with Gasteiger partial charge in [-0.1, -0.05) is 0 Å². The Balaban J connectivity index is 0.00000261. The summed E-state index contributed by atoms with van der Waals surface area (Å²) in [6.45, 7) is 4.82. The molecule has 144 valence electrons. The minimum atomic E-state index is -0.0573. The van der Waals surface area contributed by atoms with Gasteiger partial charge in [0.15, 0.2) is 0 Å². The van der Waals surface area contributed by atoms with Gasteiger partial charge in [0.25, 0.3) is 5.78 Å². The van der Waals surface area contributed by atoms with Gasteiger partial charge in [-0.3, -0.25) is 4.79 Å². The first-order chi connectivity index (χ1) is 12.6. The maximum atomic E-state index is 12.3. The van der Waals surface area contributed by atoms with Crippen LogP contribution in [-0.2, 0) is 11.2 Å². The van der Waals surface area contributed by atoms with E-state index in [1.807, 2.05) is 38.1 Å². The van der Waals surface area contributed by atoms with Crippen LogP contribution in [0.3, 0.4) is 0 Å². The number of aryl methyl sites for hydroxylation is 2. The highest BCUT2D eigenvalue weighted by Crippen LogP contribution is 2.17. The van der Waals surface area contributed by atoms with Crippen molar-refractivity contribution in [1.82, 2.24) is 19.6 Å². The molecule has 1 aromatic carbocycles. The van der Waals surface area contributed by atoms with Gasteiger partial charge in [0.05, 0.1) is 0 Å². The molecule has 0 saturated carbocycles. The van der Waals surface area contributed by atoms with E-state index in [1.54, 1.807) is 4.52 Å². The number of nitrogens with two attached hydrogens (primary N) is 1. The van der Waals surface area contributed by atoms with E-state index in [-0.39, 0.29) is 18.3 Å². The molecule has 8 nitrogen and oxygen atoms in total. The smallest absolute Gasteiger partial charge is 0.252 e. The van der Waals surface area contributed by atoms with Gasteiger partial charge in [0.2, 0.25) is 5.91 Å². The third-order valence-electron chi connectivity index (χ3n) is 4.12. The number of halogens is 1. The van der Waals surface area contributed by atoms with E-state index in [1.165, 1.54) is 6.33 Å². The molecule has 9 heteroatoms. The molecule has 1 amide bonds. The van der Waals surface area contributed by atoms with Crippen LogP contribution in [0.5, 0.6) is 5.75 Å². The summed E-state index contributed by atoms with van der Waals surface area (Å²) >= 11 is 0. The Hall–Kier alpha value is -2.71. The molecule has 2 heterocycles. The average molecular weight is 391 g/mol. The molecule has 0 aliphatic rings. The van der Waals surface area contributed by atoms with Gasteiger partial charge < -0.3 is 15.8 Å². The van der Waals surface area contributed by atoms with Crippen molar-refractivity contribution in [2.24, 2.45) is 5.73 Å². The lowest BCUT2D eigenvalue weighted by Gasteiger charge is -2.11. The number of nitrogens with zero attached hydrogens (tertiary/aromatic N) is 4. The fourth-order valence-electron chi connectivity index (χ4n) is 2.79.